The van der Waals surface area contributed by atoms with Crippen LogP contribution < -0.4 is 0 Å². The second kappa shape index (κ2) is 7.14. The van der Waals surface area contributed by atoms with E-state index in [1.807, 2.05) is 37.3 Å². The van der Waals surface area contributed by atoms with Gasteiger partial charge in [0.2, 0.25) is 23.5 Å². The van der Waals surface area contributed by atoms with Crippen molar-refractivity contribution in [3.8, 4) is 11.4 Å². The molecule has 1 aliphatic rings. The topological polar surface area (TPSA) is 81.1 Å². The van der Waals surface area contributed by atoms with Crippen molar-refractivity contribution in [3.63, 3.8) is 0 Å². The molecule has 130 valence electrons. The zero-order valence-electron chi connectivity index (χ0n) is 14.3. The lowest BCUT2D eigenvalue weighted by molar-refractivity contribution is 0.216. The largest absolute Gasteiger partial charge is 0.424 e. The number of hydrogen-bond acceptors (Lipinski definition) is 7. The van der Waals surface area contributed by atoms with Gasteiger partial charge in [-0.1, -0.05) is 35.5 Å². The van der Waals surface area contributed by atoms with Crippen molar-refractivity contribution in [2.45, 2.75) is 38.6 Å². The van der Waals surface area contributed by atoms with Crippen molar-refractivity contribution < 1.29 is 8.94 Å². The van der Waals surface area contributed by atoms with Crippen LogP contribution in [-0.2, 0) is 6.42 Å². The predicted molar refractivity (Wildman–Crippen MR) is 90.6 cm³/mol. The highest BCUT2D eigenvalue weighted by Crippen LogP contribution is 2.31. The standard InChI is InChI=1S/C18H21N5O2/c1-13-20-21-18(24-13)15-9-5-11-23(15)12-6-10-16-19-17(22-25-16)14-7-3-2-4-8-14/h2-4,7-8,15H,5-6,9-12H2,1H3/t15-/m0/s1. The lowest BCUT2D eigenvalue weighted by Gasteiger charge is -2.20. The normalized spacial score (nSPS) is 18.0. The van der Waals surface area contributed by atoms with Gasteiger partial charge in [0.15, 0.2) is 0 Å². The lowest BCUT2D eigenvalue weighted by atomic mass is 10.2. The molecule has 2 aromatic heterocycles. The Balaban J connectivity index is 1.32. The van der Waals surface area contributed by atoms with Gasteiger partial charge in [-0.3, -0.25) is 4.90 Å². The monoisotopic (exact) mass is 339 g/mol. The Morgan fingerprint density at radius 2 is 2.08 bits per heavy atom. The molecule has 0 spiro atoms. The van der Waals surface area contributed by atoms with Crippen LogP contribution in [0.2, 0.25) is 0 Å². The molecule has 7 nitrogen and oxygen atoms in total. The molecule has 1 atom stereocenters. The summed E-state index contributed by atoms with van der Waals surface area (Å²) in [6, 6.07) is 10.1. The third-order valence-electron chi connectivity index (χ3n) is 4.53. The Labute approximate surface area is 146 Å². The minimum absolute atomic E-state index is 0.240. The molecular formula is C18H21N5O2. The van der Waals surface area contributed by atoms with Gasteiger partial charge in [-0.15, -0.1) is 10.2 Å². The molecule has 25 heavy (non-hydrogen) atoms. The molecule has 4 rings (SSSR count). The van der Waals surface area contributed by atoms with Crippen LogP contribution in [0.15, 0.2) is 39.3 Å². The lowest BCUT2D eigenvalue weighted by Crippen LogP contribution is -2.25. The summed E-state index contributed by atoms with van der Waals surface area (Å²) in [4.78, 5) is 6.89. The molecule has 3 aromatic rings. The smallest absolute Gasteiger partial charge is 0.233 e. The molecule has 0 aliphatic carbocycles. The molecule has 0 saturated carbocycles. The van der Waals surface area contributed by atoms with Crippen molar-refractivity contribution in [2.75, 3.05) is 13.1 Å². The maximum atomic E-state index is 5.61. The van der Waals surface area contributed by atoms with E-state index in [2.05, 4.69) is 25.2 Å². The van der Waals surface area contributed by atoms with Crippen LogP contribution in [0.1, 0.15) is 43.0 Å². The van der Waals surface area contributed by atoms with E-state index >= 15 is 0 Å². The molecule has 7 heteroatoms. The van der Waals surface area contributed by atoms with E-state index in [9.17, 15) is 0 Å². The van der Waals surface area contributed by atoms with Gasteiger partial charge in [-0.05, 0) is 32.4 Å². The van der Waals surface area contributed by atoms with Gasteiger partial charge in [-0.25, -0.2) is 0 Å². The molecule has 0 amide bonds. The highest BCUT2D eigenvalue weighted by molar-refractivity contribution is 5.53. The van der Waals surface area contributed by atoms with Crippen molar-refractivity contribution in [2.24, 2.45) is 0 Å². The van der Waals surface area contributed by atoms with Crippen LogP contribution in [-0.4, -0.2) is 38.3 Å². The summed E-state index contributed by atoms with van der Waals surface area (Å²) < 4.78 is 11.0. The van der Waals surface area contributed by atoms with Gasteiger partial charge < -0.3 is 8.94 Å². The molecule has 0 N–H and O–H groups in total. The van der Waals surface area contributed by atoms with Crippen LogP contribution in [0.25, 0.3) is 11.4 Å². The van der Waals surface area contributed by atoms with E-state index in [1.165, 1.54) is 0 Å². The highest BCUT2D eigenvalue weighted by Gasteiger charge is 2.29. The Kier molecular flexibility index (Phi) is 4.56. The van der Waals surface area contributed by atoms with Crippen LogP contribution in [0.4, 0.5) is 0 Å². The Hall–Kier alpha value is -2.54. The number of rotatable bonds is 6. The fourth-order valence-electron chi connectivity index (χ4n) is 3.31. The average Bonchev–Trinajstić information content (AvgIpc) is 3.36. The van der Waals surface area contributed by atoms with Gasteiger partial charge in [0.1, 0.15) is 0 Å². The summed E-state index contributed by atoms with van der Waals surface area (Å²) in [5.74, 6) is 2.69. The minimum atomic E-state index is 0.240. The van der Waals surface area contributed by atoms with Crippen LogP contribution in [0, 0.1) is 6.92 Å². The quantitative estimate of drug-likeness (QED) is 0.682. The Bertz CT molecular complexity index is 814. The molecule has 1 fully saturated rings. The maximum absolute atomic E-state index is 5.61. The second-order valence-electron chi connectivity index (χ2n) is 6.33. The summed E-state index contributed by atoms with van der Waals surface area (Å²) in [6.07, 6.45) is 3.96. The second-order valence-corrected chi connectivity index (χ2v) is 6.33. The van der Waals surface area contributed by atoms with Gasteiger partial charge in [0, 0.05) is 18.9 Å². The summed E-state index contributed by atoms with van der Waals surface area (Å²) in [7, 11) is 0. The van der Waals surface area contributed by atoms with E-state index < -0.39 is 0 Å². The van der Waals surface area contributed by atoms with E-state index in [1.54, 1.807) is 0 Å². The zero-order valence-corrected chi connectivity index (χ0v) is 14.3. The Morgan fingerprint density at radius 3 is 2.88 bits per heavy atom. The predicted octanol–water partition coefficient (Wildman–Crippen LogP) is 3.20. The number of hydrogen-bond donors (Lipinski definition) is 0. The molecule has 0 unspecified atom stereocenters. The van der Waals surface area contributed by atoms with E-state index in [-0.39, 0.29) is 6.04 Å². The summed E-state index contributed by atoms with van der Waals surface area (Å²) in [5, 5.41) is 12.2. The van der Waals surface area contributed by atoms with Gasteiger partial charge in [0.25, 0.3) is 0 Å². The number of aryl methyl sites for hydroxylation is 2. The van der Waals surface area contributed by atoms with Crippen LogP contribution in [0.3, 0.4) is 0 Å². The highest BCUT2D eigenvalue weighted by atomic mass is 16.5. The number of likely N-dealkylation sites (tertiary alicyclic amines) is 1. The number of benzene rings is 1. The van der Waals surface area contributed by atoms with Crippen molar-refractivity contribution in [1.82, 2.24) is 25.2 Å². The van der Waals surface area contributed by atoms with E-state index in [0.29, 0.717) is 17.6 Å². The molecule has 0 radical (unpaired) electrons. The first-order chi connectivity index (χ1) is 12.3. The molecule has 1 saturated heterocycles. The average molecular weight is 339 g/mol. The Morgan fingerprint density at radius 1 is 1.20 bits per heavy atom. The first kappa shape index (κ1) is 16.0. The zero-order chi connectivity index (χ0) is 17.1. The molecule has 3 heterocycles. The van der Waals surface area contributed by atoms with Crippen LogP contribution >= 0.6 is 0 Å². The first-order valence-corrected chi connectivity index (χ1v) is 8.71. The summed E-state index contributed by atoms with van der Waals surface area (Å²) in [5.41, 5.74) is 0.976. The van der Waals surface area contributed by atoms with Crippen molar-refractivity contribution >= 4 is 0 Å². The van der Waals surface area contributed by atoms with Gasteiger partial charge >= 0.3 is 0 Å². The minimum Gasteiger partial charge on any atom is -0.424 e. The SMILES string of the molecule is Cc1nnc([C@@H]2CCCN2CCCc2nc(-c3ccccc3)no2)o1. The first-order valence-electron chi connectivity index (χ1n) is 8.71. The van der Waals surface area contributed by atoms with Gasteiger partial charge in [0.05, 0.1) is 6.04 Å². The fraction of sp³-hybridized carbons (Fsp3) is 0.444. The molecule has 0 bridgehead atoms. The van der Waals surface area contributed by atoms with E-state index in [0.717, 1.165) is 50.2 Å². The van der Waals surface area contributed by atoms with Crippen molar-refractivity contribution in [3.05, 3.63) is 48.0 Å². The fourth-order valence-corrected chi connectivity index (χ4v) is 3.31. The van der Waals surface area contributed by atoms with Crippen molar-refractivity contribution in [1.29, 1.82) is 0 Å². The summed E-state index contributed by atoms with van der Waals surface area (Å²) >= 11 is 0. The number of aromatic nitrogens is 4. The van der Waals surface area contributed by atoms with E-state index in [4.69, 9.17) is 8.94 Å². The molecule has 1 aromatic carbocycles. The summed E-state index contributed by atoms with van der Waals surface area (Å²) in [6.45, 7) is 3.84. The molecular weight excluding hydrogens is 318 g/mol. The third kappa shape index (κ3) is 3.61. The van der Waals surface area contributed by atoms with Crippen LogP contribution in [0.5, 0.6) is 0 Å². The third-order valence-corrected chi connectivity index (χ3v) is 4.53. The van der Waals surface area contributed by atoms with Gasteiger partial charge in [-0.2, -0.15) is 4.98 Å². The maximum Gasteiger partial charge on any atom is 0.233 e. The molecule has 1 aliphatic heterocycles. The number of nitrogens with zero attached hydrogens (tertiary/aromatic N) is 5.